The molecule has 0 radical (unpaired) electrons. The van der Waals surface area contributed by atoms with Gasteiger partial charge in [0.05, 0.1) is 11.5 Å². The van der Waals surface area contributed by atoms with Crippen LogP contribution in [0.25, 0.3) is 21.8 Å². The Morgan fingerprint density at radius 1 is 0.868 bits per heavy atom. The normalized spacial score (nSPS) is 25.4. The lowest BCUT2D eigenvalue weighted by Gasteiger charge is -2.38. The first-order chi connectivity index (χ1) is 18.6. The molecule has 0 amide bonds. The van der Waals surface area contributed by atoms with Gasteiger partial charge in [0.15, 0.2) is 0 Å². The molecule has 4 fully saturated rings. The summed E-state index contributed by atoms with van der Waals surface area (Å²) >= 11 is 0. The van der Waals surface area contributed by atoms with E-state index in [0.717, 1.165) is 72.8 Å². The Balaban J connectivity index is 1.25. The highest BCUT2D eigenvalue weighted by Gasteiger charge is 2.28. The highest BCUT2D eigenvalue weighted by Crippen LogP contribution is 2.34. The van der Waals surface area contributed by atoms with Crippen LogP contribution < -0.4 is 15.8 Å². The molecule has 0 bridgehead atoms. The molecule has 0 atom stereocenters. The van der Waals surface area contributed by atoms with Gasteiger partial charge in [0.25, 0.3) is 5.56 Å². The van der Waals surface area contributed by atoms with Gasteiger partial charge in [-0.05, 0) is 101 Å². The van der Waals surface area contributed by atoms with Gasteiger partial charge in [0, 0.05) is 49.0 Å². The second kappa shape index (κ2) is 10.1. The molecule has 8 nitrogen and oxygen atoms in total. The first-order valence-corrected chi connectivity index (χ1v) is 14.9. The summed E-state index contributed by atoms with van der Waals surface area (Å²) in [6.45, 7) is 5.47. The Bertz CT molecular complexity index is 1360. The van der Waals surface area contributed by atoms with E-state index in [9.17, 15) is 9.90 Å². The van der Waals surface area contributed by atoms with E-state index in [-0.39, 0.29) is 17.7 Å². The number of nitrogens with zero attached hydrogens (tertiary/aromatic N) is 5. The van der Waals surface area contributed by atoms with Crippen LogP contribution in [-0.2, 0) is 0 Å². The predicted molar refractivity (Wildman–Crippen MR) is 152 cm³/mol. The summed E-state index contributed by atoms with van der Waals surface area (Å²) in [4.78, 5) is 28.9. The second-order valence-corrected chi connectivity index (χ2v) is 12.1. The smallest absolute Gasteiger partial charge is 0.260 e. The molecule has 8 heteroatoms. The molecule has 2 aliphatic heterocycles. The Kier molecular flexibility index (Phi) is 6.48. The second-order valence-electron chi connectivity index (χ2n) is 12.1. The van der Waals surface area contributed by atoms with Crippen LogP contribution >= 0.6 is 0 Å². The summed E-state index contributed by atoms with van der Waals surface area (Å²) in [6.07, 6.45) is 12.2. The van der Waals surface area contributed by atoms with Crippen LogP contribution in [0.1, 0.15) is 70.3 Å². The number of aromatic nitrogens is 3. The van der Waals surface area contributed by atoms with Crippen LogP contribution in [0.4, 0.5) is 11.6 Å². The van der Waals surface area contributed by atoms with Crippen molar-refractivity contribution in [1.82, 2.24) is 19.4 Å². The number of rotatable bonds is 6. The molecule has 2 aromatic heterocycles. The number of anilines is 2. The molecule has 0 unspecified atom stereocenters. The van der Waals surface area contributed by atoms with Crippen LogP contribution in [0.2, 0.25) is 0 Å². The molecule has 1 aromatic carbocycles. The molecule has 2 aliphatic carbocycles. The fourth-order valence-electron chi connectivity index (χ4n) is 7.01. The topological polar surface area (TPSA) is 86.5 Å². The third-order valence-corrected chi connectivity index (χ3v) is 9.50. The minimum Gasteiger partial charge on any atom is -0.393 e. The maximum absolute atomic E-state index is 14.2. The minimum absolute atomic E-state index is 0.0366. The number of nitrogens with one attached hydrogen (secondary N) is 1. The van der Waals surface area contributed by atoms with Crippen LogP contribution in [-0.4, -0.2) is 69.4 Å². The summed E-state index contributed by atoms with van der Waals surface area (Å²) in [5.74, 6) is 1.32. The van der Waals surface area contributed by atoms with Crippen molar-refractivity contribution < 1.29 is 5.11 Å². The molecule has 202 valence electrons. The predicted octanol–water partition coefficient (Wildman–Crippen LogP) is 4.31. The number of benzene rings is 1. The Hall–Kier alpha value is -2.71. The molecule has 4 heterocycles. The van der Waals surface area contributed by atoms with Crippen LogP contribution in [0.3, 0.4) is 0 Å². The molecule has 2 saturated heterocycles. The van der Waals surface area contributed by atoms with E-state index in [1.807, 2.05) is 10.8 Å². The summed E-state index contributed by atoms with van der Waals surface area (Å²) in [5, 5.41) is 16.1. The molecule has 3 aromatic rings. The first-order valence-electron chi connectivity index (χ1n) is 14.9. The van der Waals surface area contributed by atoms with Crippen LogP contribution in [0, 0.1) is 5.92 Å². The quantitative estimate of drug-likeness (QED) is 0.472. The van der Waals surface area contributed by atoms with Crippen LogP contribution in [0.5, 0.6) is 0 Å². The largest absolute Gasteiger partial charge is 0.393 e. The number of piperidine rings is 1. The van der Waals surface area contributed by atoms with Crippen molar-refractivity contribution in [3.05, 3.63) is 34.7 Å². The van der Waals surface area contributed by atoms with Gasteiger partial charge in [-0.3, -0.25) is 9.36 Å². The lowest BCUT2D eigenvalue weighted by atomic mass is 9.92. The Labute approximate surface area is 224 Å². The molecule has 0 spiro atoms. The van der Waals surface area contributed by atoms with Crippen molar-refractivity contribution in [3.8, 4) is 0 Å². The van der Waals surface area contributed by atoms with E-state index in [4.69, 9.17) is 4.98 Å². The zero-order valence-corrected chi connectivity index (χ0v) is 22.3. The van der Waals surface area contributed by atoms with Crippen molar-refractivity contribution in [3.63, 3.8) is 0 Å². The summed E-state index contributed by atoms with van der Waals surface area (Å²) < 4.78 is 1.93. The Morgan fingerprint density at radius 2 is 1.63 bits per heavy atom. The molecule has 38 heavy (non-hydrogen) atoms. The highest BCUT2D eigenvalue weighted by molar-refractivity contribution is 6.05. The zero-order chi connectivity index (χ0) is 25.6. The Morgan fingerprint density at radius 3 is 2.37 bits per heavy atom. The molecular weight excluding hydrogens is 476 g/mol. The van der Waals surface area contributed by atoms with Crippen molar-refractivity contribution in [1.29, 1.82) is 0 Å². The number of aliphatic hydroxyl groups is 1. The average Bonchev–Trinajstić information content (AvgIpc) is 3.63. The van der Waals surface area contributed by atoms with Gasteiger partial charge in [0.2, 0.25) is 5.95 Å². The maximum atomic E-state index is 14.2. The standard InChI is InChI=1S/C30H40N6O2/c37-24-8-5-22(6-9-24)36-28-27(19-32-30(33-28)31-18-20-3-4-20)25-10-7-23(17-26(25)29(36)38)35-15-11-21(12-16-35)34-13-1-2-14-34/h7,10,17,19-22,24,37H,1-6,8-9,11-16,18H2,(H,31,32,33)/t22-,24-. The van der Waals surface area contributed by atoms with E-state index < -0.39 is 0 Å². The van der Waals surface area contributed by atoms with Crippen molar-refractivity contribution >= 4 is 33.4 Å². The van der Waals surface area contributed by atoms with Crippen molar-refractivity contribution in [2.45, 2.75) is 82.4 Å². The lowest BCUT2D eigenvalue weighted by molar-refractivity contribution is 0.111. The van der Waals surface area contributed by atoms with Gasteiger partial charge >= 0.3 is 0 Å². The van der Waals surface area contributed by atoms with Gasteiger partial charge in [-0.15, -0.1) is 0 Å². The van der Waals surface area contributed by atoms with Crippen molar-refractivity contribution in [2.75, 3.05) is 42.9 Å². The molecule has 2 saturated carbocycles. The van der Waals surface area contributed by atoms with Gasteiger partial charge in [-0.25, -0.2) is 4.98 Å². The molecule has 7 rings (SSSR count). The van der Waals surface area contributed by atoms with Gasteiger partial charge < -0.3 is 20.2 Å². The maximum Gasteiger partial charge on any atom is 0.260 e. The summed E-state index contributed by atoms with van der Waals surface area (Å²) in [5.41, 5.74) is 1.90. The lowest BCUT2D eigenvalue weighted by Crippen LogP contribution is -2.43. The summed E-state index contributed by atoms with van der Waals surface area (Å²) in [7, 11) is 0. The number of hydrogen-bond donors (Lipinski definition) is 2. The third kappa shape index (κ3) is 4.66. The minimum atomic E-state index is -0.269. The molecular formula is C30H40N6O2. The SMILES string of the molecule is O=c1c2cc(N3CCC(N4CCCC4)CC3)ccc2c2cnc(NCC3CC3)nc2n1[C@H]1CC[C@H](O)CC1. The van der Waals surface area contributed by atoms with E-state index in [0.29, 0.717) is 17.9 Å². The average molecular weight is 517 g/mol. The van der Waals surface area contributed by atoms with E-state index in [1.165, 1.54) is 51.6 Å². The van der Waals surface area contributed by atoms with Gasteiger partial charge in [0.1, 0.15) is 5.65 Å². The number of fused-ring (bicyclic) bond motifs is 3. The monoisotopic (exact) mass is 516 g/mol. The highest BCUT2D eigenvalue weighted by atomic mass is 16.3. The van der Waals surface area contributed by atoms with Crippen LogP contribution in [0.15, 0.2) is 29.2 Å². The number of hydrogen-bond acceptors (Lipinski definition) is 7. The zero-order valence-electron chi connectivity index (χ0n) is 22.3. The van der Waals surface area contributed by atoms with Gasteiger partial charge in [-0.1, -0.05) is 6.07 Å². The van der Waals surface area contributed by atoms with E-state index in [2.05, 4.69) is 38.3 Å². The first kappa shape index (κ1) is 24.3. The number of likely N-dealkylation sites (tertiary alicyclic amines) is 1. The van der Waals surface area contributed by atoms with E-state index in [1.54, 1.807) is 0 Å². The van der Waals surface area contributed by atoms with Gasteiger partial charge in [-0.2, -0.15) is 4.98 Å². The fourth-order valence-corrected chi connectivity index (χ4v) is 7.01. The molecule has 4 aliphatic rings. The molecule has 2 N–H and O–H groups in total. The number of aliphatic hydroxyl groups excluding tert-OH is 1. The van der Waals surface area contributed by atoms with Crippen molar-refractivity contribution in [2.24, 2.45) is 5.92 Å². The summed E-state index contributed by atoms with van der Waals surface area (Å²) in [6, 6.07) is 7.15. The van der Waals surface area contributed by atoms with E-state index >= 15 is 0 Å². The fraction of sp³-hybridized carbons (Fsp3) is 0.633. The number of pyridine rings is 1. The third-order valence-electron chi connectivity index (χ3n) is 9.50.